The fraction of sp³-hybridized carbons (Fsp3) is 0.375. The number of nitrogens with zero attached hydrogens (tertiary/aromatic N) is 2. The van der Waals surface area contributed by atoms with Crippen molar-refractivity contribution in [1.29, 1.82) is 0 Å². The van der Waals surface area contributed by atoms with Gasteiger partial charge in [-0.1, -0.05) is 28.1 Å². The van der Waals surface area contributed by atoms with Gasteiger partial charge in [-0.05, 0) is 61.7 Å². The summed E-state index contributed by atoms with van der Waals surface area (Å²) in [7, 11) is 0. The molecular weight excluding hydrogens is 476 g/mol. The molecule has 2 aromatic rings. The number of anilines is 1. The van der Waals surface area contributed by atoms with Crippen LogP contribution in [-0.4, -0.2) is 53.5 Å². The predicted molar refractivity (Wildman–Crippen MR) is 122 cm³/mol. The molecule has 2 heterocycles. The number of benzene rings is 2. The number of aliphatic hydroxyl groups is 1. The first-order chi connectivity index (χ1) is 15.3. The molecule has 4 rings (SSSR count). The summed E-state index contributed by atoms with van der Waals surface area (Å²) >= 11 is 3.41. The Morgan fingerprint density at radius 2 is 1.72 bits per heavy atom. The number of rotatable bonds is 5. The largest absolute Gasteiger partial charge is 0.462 e. The lowest BCUT2D eigenvalue weighted by atomic mass is 9.84. The Labute approximate surface area is 195 Å². The Bertz CT molecular complexity index is 1010. The molecule has 2 aromatic carbocycles. The summed E-state index contributed by atoms with van der Waals surface area (Å²) in [5.74, 6) is -0.979. The second-order valence-electron chi connectivity index (χ2n) is 8.13. The van der Waals surface area contributed by atoms with Crippen molar-refractivity contribution in [3.63, 3.8) is 0 Å². The maximum atomic E-state index is 13.1. The van der Waals surface area contributed by atoms with E-state index in [1.807, 2.05) is 29.2 Å². The molecule has 0 saturated carbocycles. The second kappa shape index (κ2) is 9.13. The van der Waals surface area contributed by atoms with Crippen molar-refractivity contribution in [1.82, 2.24) is 4.90 Å². The number of likely N-dealkylation sites (tertiary alicyclic amines) is 1. The molecule has 1 N–H and O–H groups in total. The fourth-order valence-electron chi connectivity index (χ4n) is 4.39. The molecular formula is C24H25BrN2O5. The molecule has 2 aliphatic rings. The van der Waals surface area contributed by atoms with Gasteiger partial charge in [0.15, 0.2) is 0 Å². The minimum atomic E-state index is -0.939. The van der Waals surface area contributed by atoms with Crippen molar-refractivity contribution in [3.8, 4) is 0 Å². The molecule has 0 radical (unpaired) electrons. The van der Waals surface area contributed by atoms with Crippen LogP contribution < -0.4 is 4.90 Å². The van der Waals surface area contributed by atoms with E-state index in [9.17, 15) is 19.5 Å². The average molecular weight is 501 g/mol. The number of hydrogen-bond donors (Lipinski definition) is 1. The van der Waals surface area contributed by atoms with Crippen LogP contribution in [-0.2, 0) is 19.9 Å². The van der Waals surface area contributed by atoms with Crippen molar-refractivity contribution in [2.24, 2.45) is 0 Å². The Morgan fingerprint density at radius 1 is 1.09 bits per heavy atom. The first-order valence-electron chi connectivity index (χ1n) is 10.7. The molecule has 1 atom stereocenters. The highest BCUT2D eigenvalue weighted by atomic mass is 79.9. The average Bonchev–Trinajstić information content (AvgIpc) is 3.09. The van der Waals surface area contributed by atoms with Gasteiger partial charge in [0.05, 0.1) is 35.9 Å². The van der Waals surface area contributed by atoms with Gasteiger partial charge in [-0.15, -0.1) is 0 Å². The van der Waals surface area contributed by atoms with Crippen molar-refractivity contribution in [2.75, 3.05) is 24.6 Å². The second-order valence-corrected chi connectivity index (χ2v) is 9.04. The van der Waals surface area contributed by atoms with E-state index in [0.717, 1.165) is 10.0 Å². The van der Waals surface area contributed by atoms with Gasteiger partial charge >= 0.3 is 5.97 Å². The minimum absolute atomic E-state index is 0.106. The quantitative estimate of drug-likeness (QED) is 0.500. The molecule has 0 spiro atoms. The fourth-order valence-corrected chi connectivity index (χ4v) is 4.65. The molecule has 32 heavy (non-hydrogen) atoms. The number of imide groups is 1. The Hall–Kier alpha value is -2.55. The van der Waals surface area contributed by atoms with Gasteiger partial charge in [-0.25, -0.2) is 9.69 Å². The highest BCUT2D eigenvalue weighted by Crippen LogP contribution is 2.36. The number of esters is 1. The summed E-state index contributed by atoms with van der Waals surface area (Å²) in [5.41, 5.74) is 0.733. The van der Waals surface area contributed by atoms with E-state index >= 15 is 0 Å². The Morgan fingerprint density at radius 3 is 2.31 bits per heavy atom. The number of ether oxygens (including phenoxy) is 1. The number of carbonyl (C=O) groups excluding carboxylic acids is 3. The lowest BCUT2D eigenvalue weighted by Gasteiger charge is -2.40. The highest BCUT2D eigenvalue weighted by Gasteiger charge is 2.45. The highest BCUT2D eigenvalue weighted by molar-refractivity contribution is 9.10. The Balaban J connectivity index is 1.43. The third-order valence-electron chi connectivity index (χ3n) is 6.21. The van der Waals surface area contributed by atoms with Crippen LogP contribution in [0, 0.1) is 0 Å². The molecule has 8 heteroatoms. The summed E-state index contributed by atoms with van der Waals surface area (Å²) in [6, 6.07) is 13.4. The third kappa shape index (κ3) is 4.35. The monoisotopic (exact) mass is 500 g/mol. The molecule has 0 aliphatic carbocycles. The maximum absolute atomic E-state index is 13.1. The number of hydrogen-bond acceptors (Lipinski definition) is 6. The van der Waals surface area contributed by atoms with Gasteiger partial charge < -0.3 is 9.84 Å². The summed E-state index contributed by atoms with van der Waals surface area (Å²) in [5, 5.41) is 11.1. The normalized spacial score (nSPS) is 21.1. The van der Waals surface area contributed by atoms with Crippen molar-refractivity contribution >= 4 is 39.4 Å². The summed E-state index contributed by atoms with van der Waals surface area (Å²) in [6.07, 6.45) is 1.08. The maximum Gasteiger partial charge on any atom is 0.338 e. The Kier molecular flexibility index (Phi) is 6.46. The summed E-state index contributed by atoms with van der Waals surface area (Å²) in [6.45, 7) is 3.05. The molecule has 7 nitrogen and oxygen atoms in total. The van der Waals surface area contributed by atoms with E-state index in [-0.39, 0.29) is 24.8 Å². The van der Waals surface area contributed by atoms with Gasteiger partial charge in [0.2, 0.25) is 5.91 Å². The zero-order chi connectivity index (χ0) is 22.9. The first kappa shape index (κ1) is 22.6. The number of amides is 2. The molecule has 0 bridgehead atoms. The molecule has 168 valence electrons. The van der Waals surface area contributed by atoms with Crippen LogP contribution in [0.3, 0.4) is 0 Å². The van der Waals surface area contributed by atoms with Crippen LogP contribution in [0.1, 0.15) is 42.1 Å². The van der Waals surface area contributed by atoms with Crippen LogP contribution in [0.5, 0.6) is 0 Å². The van der Waals surface area contributed by atoms with E-state index in [4.69, 9.17) is 4.74 Å². The number of carbonyl (C=O) groups is 3. The van der Waals surface area contributed by atoms with E-state index in [2.05, 4.69) is 15.9 Å². The van der Waals surface area contributed by atoms with E-state index in [0.29, 0.717) is 37.2 Å². The SMILES string of the molecule is CCOC(=O)c1ccc(N2C(=O)C[C@@H](N3CCC(O)(c4ccc(Br)cc4)CC3)C2=O)cc1. The van der Waals surface area contributed by atoms with Gasteiger partial charge in [0.1, 0.15) is 0 Å². The molecule has 0 unspecified atom stereocenters. The molecule has 0 aromatic heterocycles. The standard InChI is InChI=1S/C24H25BrN2O5/c1-2-32-23(30)16-3-9-19(10-4-16)27-21(28)15-20(22(27)29)26-13-11-24(31,12-14-26)17-5-7-18(25)8-6-17/h3-10,20,31H,2,11-15H2,1H3/t20-/m1/s1. The van der Waals surface area contributed by atoms with Crippen LogP contribution in [0.2, 0.25) is 0 Å². The smallest absolute Gasteiger partial charge is 0.338 e. The van der Waals surface area contributed by atoms with Crippen molar-refractivity contribution in [2.45, 2.75) is 37.8 Å². The van der Waals surface area contributed by atoms with Crippen LogP contribution in [0.15, 0.2) is 53.0 Å². The van der Waals surface area contributed by atoms with Crippen LogP contribution in [0.25, 0.3) is 0 Å². The lowest BCUT2D eigenvalue weighted by Crippen LogP contribution is -2.49. The van der Waals surface area contributed by atoms with Crippen molar-refractivity contribution in [3.05, 3.63) is 64.1 Å². The minimum Gasteiger partial charge on any atom is -0.462 e. The van der Waals surface area contributed by atoms with Crippen molar-refractivity contribution < 1.29 is 24.2 Å². The van der Waals surface area contributed by atoms with Crippen LogP contribution in [0.4, 0.5) is 5.69 Å². The van der Waals surface area contributed by atoms with Crippen LogP contribution >= 0.6 is 15.9 Å². The zero-order valence-corrected chi connectivity index (χ0v) is 19.4. The zero-order valence-electron chi connectivity index (χ0n) is 17.8. The molecule has 2 aliphatic heterocycles. The molecule has 2 fully saturated rings. The summed E-state index contributed by atoms with van der Waals surface area (Å²) in [4.78, 5) is 40.8. The van der Waals surface area contributed by atoms with Gasteiger partial charge in [0.25, 0.3) is 5.91 Å². The van der Waals surface area contributed by atoms with E-state index in [1.165, 1.54) is 4.90 Å². The number of halogens is 1. The van der Waals surface area contributed by atoms with Gasteiger partial charge in [-0.2, -0.15) is 0 Å². The molecule has 2 saturated heterocycles. The predicted octanol–water partition coefficient (Wildman–Crippen LogP) is 3.24. The topological polar surface area (TPSA) is 87.2 Å². The summed E-state index contributed by atoms with van der Waals surface area (Å²) < 4.78 is 5.92. The van der Waals surface area contributed by atoms with Gasteiger partial charge in [0, 0.05) is 17.6 Å². The lowest BCUT2D eigenvalue weighted by molar-refractivity contribution is -0.124. The molecule has 2 amide bonds. The van der Waals surface area contributed by atoms with E-state index < -0.39 is 17.6 Å². The van der Waals surface area contributed by atoms with E-state index in [1.54, 1.807) is 31.2 Å². The van der Waals surface area contributed by atoms with Gasteiger partial charge in [-0.3, -0.25) is 14.5 Å². The number of piperidine rings is 1. The first-order valence-corrected chi connectivity index (χ1v) is 11.5. The third-order valence-corrected chi connectivity index (χ3v) is 6.74.